The summed E-state index contributed by atoms with van der Waals surface area (Å²) in [5, 5.41) is 10.7. The molecule has 1 rings (SSSR count). The van der Waals surface area contributed by atoms with Crippen LogP contribution in [0.1, 0.15) is 13.8 Å². The molecule has 0 aromatic carbocycles. The summed E-state index contributed by atoms with van der Waals surface area (Å²) in [4.78, 5) is 27.0. The highest BCUT2D eigenvalue weighted by Crippen LogP contribution is 2.26. The van der Waals surface area contributed by atoms with E-state index in [4.69, 9.17) is 16.3 Å². The molecule has 0 fully saturated rings. The third kappa shape index (κ3) is 4.06. The smallest absolute Gasteiger partial charge is 0.325 e. The van der Waals surface area contributed by atoms with E-state index in [0.717, 1.165) is 6.20 Å². The second-order valence-electron chi connectivity index (χ2n) is 3.58. The van der Waals surface area contributed by atoms with E-state index >= 15 is 0 Å². The molecule has 0 saturated carbocycles. The summed E-state index contributed by atoms with van der Waals surface area (Å²) in [6.07, 6.45) is 1.11. The van der Waals surface area contributed by atoms with E-state index in [1.165, 1.54) is 6.07 Å². The quantitative estimate of drug-likeness (QED) is 0.452. The van der Waals surface area contributed by atoms with Gasteiger partial charge in [-0.25, -0.2) is 4.98 Å². The van der Waals surface area contributed by atoms with Gasteiger partial charge < -0.3 is 9.64 Å². The summed E-state index contributed by atoms with van der Waals surface area (Å²) in [7, 11) is 0. The molecule has 1 aromatic rings. The Hall–Kier alpha value is -1.89. The third-order valence-corrected chi connectivity index (χ3v) is 2.60. The van der Waals surface area contributed by atoms with Crippen LogP contribution in [0.25, 0.3) is 0 Å². The number of hydrogen-bond acceptors (Lipinski definition) is 6. The summed E-state index contributed by atoms with van der Waals surface area (Å²) in [5.74, 6) is -0.0802. The standard InChI is InChI=1S/C11H14ClN3O4/c1-3-14(7-10(16)19-4-2)11-9(12)5-8(6-13-11)15(17)18/h5-6H,3-4,7H2,1-2H3. The van der Waals surface area contributed by atoms with Gasteiger partial charge in [-0.2, -0.15) is 0 Å². The number of ether oxygens (including phenoxy) is 1. The minimum Gasteiger partial charge on any atom is -0.465 e. The van der Waals surface area contributed by atoms with Crippen molar-refractivity contribution in [3.05, 3.63) is 27.4 Å². The zero-order valence-electron chi connectivity index (χ0n) is 10.6. The molecule has 19 heavy (non-hydrogen) atoms. The molecule has 0 spiro atoms. The number of anilines is 1. The van der Waals surface area contributed by atoms with Gasteiger partial charge in [-0.15, -0.1) is 0 Å². The van der Waals surface area contributed by atoms with Crippen LogP contribution < -0.4 is 4.90 Å². The van der Waals surface area contributed by atoms with Gasteiger partial charge in [0.15, 0.2) is 0 Å². The number of esters is 1. The average Bonchev–Trinajstić information content (AvgIpc) is 2.36. The molecule has 0 bridgehead atoms. The highest BCUT2D eigenvalue weighted by molar-refractivity contribution is 6.33. The summed E-state index contributed by atoms with van der Waals surface area (Å²) in [5.41, 5.74) is -0.194. The molecule has 0 aliphatic carbocycles. The van der Waals surface area contributed by atoms with Crippen molar-refractivity contribution in [2.75, 3.05) is 24.6 Å². The number of nitro groups is 1. The molecule has 0 unspecified atom stereocenters. The summed E-state index contributed by atoms with van der Waals surface area (Å²) < 4.78 is 4.84. The topological polar surface area (TPSA) is 85.6 Å². The van der Waals surface area contributed by atoms with Gasteiger partial charge in [-0.05, 0) is 13.8 Å². The zero-order valence-corrected chi connectivity index (χ0v) is 11.4. The Morgan fingerprint density at radius 2 is 2.26 bits per heavy atom. The van der Waals surface area contributed by atoms with Gasteiger partial charge in [-0.3, -0.25) is 14.9 Å². The van der Waals surface area contributed by atoms with Gasteiger partial charge in [0.25, 0.3) is 5.69 Å². The lowest BCUT2D eigenvalue weighted by Gasteiger charge is -2.21. The first kappa shape index (κ1) is 15.2. The number of hydrogen-bond donors (Lipinski definition) is 0. The van der Waals surface area contributed by atoms with E-state index < -0.39 is 10.9 Å². The van der Waals surface area contributed by atoms with Crippen molar-refractivity contribution in [2.45, 2.75) is 13.8 Å². The third-order valence-electron chi connectivity index (χ3n) is 2.32. The lowest BCUT2D eigenvalue weighted by molar-refractivity contribution is -0.385. The molecule has 0 aliphatic heterocycles. The molecule has 0 atom stereocenters. The van der Waals surface area contributed by atoms with Crippen LogP contribution in [0.4, 0.5) is 11.5 Å². The van der Waals surface area contributed by atoms with E-state index in [-0.39, 0.29) is 23.9 Å². The highest BCUT2D eigenvalue weighted by atomic mass is 35.5. The summed E-state index contributed by atoms with van der Waals surface area (Å²) in [6.45, 7) is 4.29. The molecule has 8 heteroatoms. The summed E-state index contributed by atoms with van der Waals surface area (Å²) >= 11 is 5.95. The number of rotatable bonds is 6. The van der Waals surface area contributed by atoms with Crippen LogP contribution in [0.5, 0.6) is 0 Å². The van der Waals surface area contributed by atoms with Crippen molar-refractivity contribution >= 4 is 29.1 Å². The maximum atomic E-state index is 11.4. The lowest BCUT2D eigenvalue weighted by Crippen LogP contribution is -2.31. The molecule has 0 amide bonds. The number of carbonyl (C=O) groups excluding carboxylic acids is 1. The number of aromatic nitrogens is 1. The fourth-order valence-electron chi connectivity index (χ4n) is 1.45. The van der Waals surface area contributed by atoms with Gasteiger partial charge >= 0.3 is 5.97 Å². The van der Waals surface area contributed by atoms with Crippen LogP contribution in [0.3, 0.4) is 0 Å². The Morgan fingerprint density at radius 3 is 2.74 bits per heavy atom. The normalized spacial score (nSPS) is 10.1. The molecule has 1 aromatic heterocycles. The average molecular weight is 288 g/mol. The minimum absolute atomic E-state index is 0.00509. The van der Waals surface area contributed by atoms with Crippen molar-refractivity contribution in [3.63, 3.8) is 0 Å². The zero-order chi connectivity index (χ0) is 14.4. The minimum atomic E-state index is -0.579. The molecular formula is C11H14ClN3O4. The Balaban J connectivity index is 2.92. The van der Waals surface area contributed by atoms with E-state index in [0.29, 0.717) is 12.4 Å². The van der Waals surface area contributed by atoms with Crippen LogP contribution in [-0.4, -0.2) is 35.6 Å². The Labute approximate surface area is 115 Å². The van der Waals surface area contributed by atoms with E-state index in [2.05, 4.69) is 4.98 Å². The number of pyridine rings is 1. The predicted molar refractivity (Wildman–Crippen MR) is 70.4 cm³/mol. The van der Waals surface area contributed by atoms with Gasteiger partial charge in [0.05, 0.1) is 16.6 Å². The van der Waals surface area contributed by atoms with Crippen molar-refractivity contribution < 1.29 is 14.5 Å². The largest absolute Gasteiger partial charge is 0.465 e. The maximum absolute atomic E-state index is 11.4. The number of halogens is 1. The Kier molecular flexibility index (Phi) is 5.50. The maximum Gasteiger partial charge on any atom is 0.325 e. The number of carbonyl (C=O) groups is 1. The Bertz CT molecular complexity index is 481. The predicted octanol–water partition coefficient (Wildman–Crippen LogP) is 2.03. The van der Waals surface area contributed by atoms with Crippen molar-refractivity contribution in [2.24, 2.45) is 0 Å². The van der Waals surface area contributed by atoms with Gasteiger partial charge in [0.1, 0.15) is 18.6 Å². The molecular weight excluding hydrogens is 274 g/mol. The summed E-state index contributed by atoms with van der Waals surface area (Å²) in [6, 6.07) is 1.21. The van der Waals surface area contributed by atoms with Crippen LogP contribution >= 0.6 is 11.6 Å². The fourth-order valence-corrected chi connectivity index (χ4v) is 1.73. The first-order chi connectivity index (χ1) is 8.99. The lowest BCUT2D eigenvalue weighted by atomic mass is 10.3. The highest BCUT2D eigenvalue weighted by Gasteiger charge is 2.17. The molecule has 7 nitrogen and oxygen atoms in total. The first-order valence-corrected chi connectivity index (χ1v) is 6.07. The van der Waals surface area contributed by atoms with E-state index in [1.807, 2.05) is 6.92 Å². The van der Waals surface area contributed by atoms with Crippen LogP contribution in [0, 0.1) is 10.1 Å². The van der Waals surface area contributed by atoms with E-state index in [9.17, 15) is 14.9 Å². The molecule has 1 heterocycles. The molecule has 0 N–H and O–H groups in total. The van der Waals surface area contributed by atoms with Crippen LogP contribution in [0.15, 0.2) is 12.3 Å². The van der Waals surface area contributed by atoms with Gasteiger partial charge in [0.2, 0.25) is 0 Å². The second kappa shape index (κ2) is 6.89. The fraction of sp³-hybridized carbons (Fsp3) is 0.455. The molecule has 0 aliphatic rings. The molecule has 104 valence electrons. The van der Waals surface area contributed by atoms with Crippen molar-refractivity contribution in [1.29, 1.82) is 0 Å². The van der Waals surface area contributed by atoms with Gasteiger partial charge in [0, 0.05) is 12.6 Å². The van der Waals surface area contributed by atoms with Crippen LogP contribution in [0.2, 0.25) is 5.02 Å². The molecule has 0 saturated heterocycles. The van der Waals surface area contributed by atoms with Crippen molar-refractivity contribution in [1.82, 2.24) is 4.98 Å². The molecule has 0 radical (unpaired) electrons. The second-order valence-corrected chi connectivity index (χ2v) is 3.98. The SMILES string of the molecule is CCOC(=O)CN(CC)c1ncc([N+](=O)[O-])cc1Cl. The first-order valence-electron chi connectivity index (χ1n) is 5.70. The van der Waals surface area contributed by atoms with E-state index in [1.54, 1.807) is 11.8 Å². The Morgan fingerprint density at radius 1 is 1.58 bits per heavy atom. The van der Waals surface area contributed by atoms with Gasteiger partial charge in [-0.1, -0.05) is 11.6 Å². The number of nitrogens with zero attached hydrogens (tertiary/aromatic N) is 3. The monoisotopic (exact) mass is 287 g/mol. The van der Waals surface area contributed by atoms with Crippen molar-refractivity contribution in [3.8, 4) is 0 Å². The van der Waals surface area contributed by atoms with Crippen LogP contribution in [-0.2, 0) is 9.53 Å². The number of likely N-dealkylation sites (N-methyl/N-ethyl adjacent to an activating group) is 1.